The number of ether oxygens (including phenoxy) is 1. The molecule has 0 bridgehead atoms. The summed E-state index contributed by atoms with van der Waals surface area (Å²) >= 11 is 7.29. The second-order valence-corrected chi connectivity index (χ2v) is 4.89. The minimum atomic E-state index is -0.0126. The van der Waals surface area contributed by atoms with Crippen LogP contribution in [0.15, 0.2) is 12.1 Å². The summed E-state index contributed by atoms with van der Waals surface area (Å²) in [6, 6.07) is 3.76. The molecule has 84 valence electrons. The fraction of sp³-hybridized carbons (Fsp3) is 0.500. The molecule has 0 saturated carbocycles. The Balaban J connectivity index is 2.41. The van der Waals surface area contributed by atoms with Crippen LogP contribution in [0.5, 0.6) is 0 Å². The molecule has 0 aromatic carbocycles. The Morgan fingerprint density at radius 1 is 1.60 bits per heavy atom. The maximum atomic E-state index is 11.5. The van der Waals surface area contributed by atoms with Gasteiger partial charge in [-0.15, -0.1) is 11.3 Å². The first kappa shape index (κ1) is 12.5. The summed E-state index contributed by atoms with van der Waals surface area (Å²) in [6.45, 7) is 3.16. The predicted molar refractivity (Wildman–Crippen MR) is 62.3 cm³/mol. The Kier molecular flexibility index (Phi) is 5.08. The maximum absolute atomic E-state index is 11.5. The van der Waals surface area contributed by atoms with Crippen LogP contribution in [0.4, 0.5) is 0 Å². The molecule has 0 N–H and O–H groups in total. The van der Waals surface area contributed by atoms with Crippen molar-refractivity contribution in [2.75, 3.05) is 20.3 Å². The standard InChI is InChI=1S/C10H14ClNO2S/c1-3-14-7-10(13)12(2)6-8-4-5-9(11)15-8/h4-5H,3,6-7H2,1-2H3. The topological polar surface area (TPSA) is 29.5 Å². The van der Waals surface area contributed by atoms with Crippen LogP contribution in [0.2, 0.25) is 4.34 Å². The van der Waals surface area contributed by atoms with Crippen molar-refractivity contribution in [2.24, 2.45) is 0 Å². The highest BCUT2D eigenvalue weighted by Crippen LogP contribution is 2.22. The van der Waals surface area contributed by atoms with Crippen molar-refractivity contribution in [3.8, 4) is 0 Å². The molecule has 0 aliphatic heterocycles. The average molecular weight is 248 g/mol. The number of rotatable bonds is 5. The molecule has 0 radical (unpaired) electrons. The lowest BCUT2D eigenvalue weighted by Crippen LogP contribution is -2.29. The quantitative estimate of drug-likeness (QED) is 0.800. The average Bonchev–Trinajstić information content (AvgIpc) is 2.60. The van der Waals surface area contributed by atoms with E-state index in [0.29, 0.717) is 13.2 Å². The van der Waals surface area contributed by atoms with Crippen molar-refractivity contribution in [1.82, 2.24) is 4.90 Å². The van der Waals surface area contributed by atoms with E-state index < -0.39 is 0 Å². The van der Waals surface area contributed by atoms with Crippen LogP contribution >= 0.6 is 22.9 Å². The summed E-state index contributed by atoms with van der Waals surface area (Å²) in [5.74, 6) is -0.0126. The Morgan fingerprint density at radius 2 is 2.33 bits per heavy atom. The van der Waals surface area contributed by atoms with Crippen LogP contribution < -0.4 is 0 Å². The number of amides is 1. The first-order valence-corrected chi connectivity index (χ1v) is 5.89. The molecule has 3 nitrogen and oxygen atoms in total. The number of carbonyl (C=O) groups is 1. The third-order valence-electron chi connectivity index (χ3n) is 1.88. The van der Waals surface area contributed by atoms with Gasteiger partial charge in [0.2, 0.25) is 5.91 Å². The fourth-order valence-electron chi connectivity index (χ4n) is 1.06. The van der Waals surface area contributed by atoms with E-state index in [1.165, 1.54) is 11.3 Å². The molecule has 0 unspecified atom stereocenters. The van der Waals surface area contributed by atoms with Crippen LogP contribution in [0.3, 0.4) is 0 Å². The first-order valence-electron chi connectivity index (χ1n) is 4.69. The molecule has 1 aromatic heterocycles. The van der Waals surface area contributed by atoms with E-state index in [1.54, 1.807) is 11.9 Å². The van der Waals surface area contributed by atoms with Gasteiger partial charge in [0, 0.05) is 18.5 Å². The summed E-state index contributed by atoms with van der Waals surface area (Å²) in [5, 5.41) is 0. The zero-order valence-corrected chi connectivity index (χ0v) is 10.4. The molecule has 1 amide bonds. The van der Waals surface area contributed by atoms with Crippen molar-refractivity contribution < 1.29 is 9.53 Å². The normalized spacial score (nSPS) is 10.3. The molecule has 0 saturated heterocycles. The van der Waals surface area contributed by atoms with Gasteiger partial charge in [0.25, 0.3) is 0 Å². The summed E-state index contributed by atoms with van der Waals surface area (Å²) < 4.78 is 5.79. The minimum Gasteiger partial charge on any atom is -0.372 e. The molecule has 1 aromatic rings. The van der Waals surface area contributed by atoms with Crippen LogP contribution in [0.25, 0.3) is 0 Å². The van der Waals surface area contributed by atoms with E-state index in [9.17, 15) is 4.79 Å². The third kappa shape index (κ3) is 4.20. The highest BCUT2D eigenvalue weighted by atomic mass is 35.5. The summed E-state index contributed by atoms with van der Waals surface area (Å²) in [4.78, 5) is 14.2. The number of hydrogen-bond acceptors (Lipinski definition) is 3. The molecule has 0 aliphatic rings. The third-order valence-corrected chi connectivity index (χ3v) is 3.09. The van der Waals surface area contributed by atoms with Crippen LogP contribution in [-0.4, -0.2) is 31.1 Å². The lowest BCUT2D eigenvalue weighted by atomic mass is 10.4. The van der Waals surface area contributed by atoms with Gasteiger partial charge in [-0.2, -0.15) is 0 Å². The first-order chi connectivity index (χ1) is 7.13. The Morgan fingerprint density at radius 3 is 2.87 bits per heavy atom. The molecule has 0 aliphatic carbocycles. The highest BCUT2D eigenvalue weighted by Gasteiger charge is 2.09. The monoisotopic (exact) mass is 247 g/mol. The maximum Gasteiger partial charge on any atom is 0.248 e. The van der Waals surface area contributed by atoms with Crippen LogP contribution in [-0.2, 0) is 16.1 Å². The van der Waals surface area contributed by atoms with Crippen molar-refractivity contribution in [3.05, 3.63) is 21.3 Å². The van der Waals surface area contributed by atoms with E-state index in [-0.39, 0.29) is 12.5 Å². The molecule has 5 heteroatoms. The van der Waals surface area contributed by atoms with Gasteiger partial charge in [-0.25, -0.2) is 0 Å². The molecule has 1 rings (SSSR count). The Labute approximate surface area is 98.6 Å². The number of nitrogens with zero attached hydrogens (tertiary/aromatic N) is 1. The smallest absolute Gasteiger partial charge is 0.248 e. The van der Waals surface area contributed by atoms with Gasteiger partial charge in [-0.1, -0.05) is 11.6 Å². The van der Waals surface area contributed by atoms with Crippen molar-refractivity contribution in [3.63, 3.8) is 0 Å². The van der Waals surface area contributed by atoms with E-state index in [1.807, 2.05) is 19.1 Å². The number of hydrogen-bond donors (Lipinski definition) is 0. The Hall–Kier alpha value is -0.580. The second kappa shape index (κ2) is 6.10. The Bertz CT molecular complexity index is 327. The van der Waals surface area contributed by atoms with E-state index >= 15 is 0 Å². The van der Waals surface area contributed by atoms with Crippen molar-refractivity contribution in [1.29, 1.82) is 0 Å². The van der Waals surface area contributed by atoms with E-state index in [2.05, 4.69) is 0 Å². The van der Waals surface area contributed by atoms with Crippen molar-refractivity contribution in [2.45, 2.75) is 13.5 Å². The zero-order valence-electron chi connectivity index (χ0n) is 8.83. The molecule has 0 fully saturated rings. The molecule has 15 heavy (non-hydrogen) atoms. The SMILES string of the molecule is CCOCC(=O)N(C)Cc1ccc(Cl)s1. The summed E-state index contributed by atoms with van der Waals surface area (Å²) in [6.07, 6.45) is 0. The van der Waals surface area contributed by atoms with Crippen molar-refractivity contribution >= 4 is 28.8 Å². The number of halogens is 1. The second-order valence-electron chi connectivity index (χ2n) is 3.09. The van der Waals surface area contributed by atoms with Gasteiger partial charge in [-0.05, 0) is 19.1 Å². The minimum absolute atomic E-state index is 0.0126. The predicted octanol–water partition coefficient (Wildman–Crippen LogP) is 2.40. The molecule has 0 atom stereocenters. The van der Waals surface area contributed by atoms with Crippen LogP contribution in [0, 0.1) is 0 Å². The number of thiophene rings is 1. The van der Waals surface area contributed by atoms with Gasteiger partial charge in [0.15, 0.2) is 0 Å². The number of likely N-dealkylation sites (N-methyl/N-ethyl adjacent to an activating group) is 1. The van der Waals surface area contributed by atoms with Crippen LogP contribution in [0.1, 0.15) is 11.8 Å². The summed E-state index contributed by atoms with van der Waals surface area (Å²) in [7, 11) is 1.76. The van der Waals surface area contributed by atoms with E-state index in [4.69, 9.17) is 16.3 Å². The molecular weight excluding hydrogens is 234 g/mol. The van der Waals surface area contributed by atoms with Gasteiger partial charge < -0.3 is 9.64 Å². The van der Waals surface area contributed by atoms with Gasteiger partial charge in [0.1, 0.15) is 6.61 Å². The molecule has 0 spiro atoms. The zero-order chi connectivity index (χ0) is 11.3. The number of carbonyl (C=O) groups excluding carboxylic acids is 1. The molecule has 1 heterocycles. The van der Waals surface area contributed by atoms with Gasteiger partial charge in [0.05, 0.1) is 10.9 Å². The largest absolute Gasteiger partial charge is 0.372 e. The lowest BCUT2D eigenvalue weighted by Gasteiger charge is -2.15. The highest BCUT2D eigenvalue weighted by molar-refractivity contribution is 7.16. The summed E-state index contributed by atoms with van der Waals surface area (Å²) in [5.41, 5.74) is 0. The van der Waals surface area contributed by atoms with Gasteiger partial charge >= 0.3 is 0 Å². The molecular formula is C10H14ClNO2S. The fourth-order valence-corrected chi connectivity index (χ4v) is 2.20. The van der Waals surface area contributed by atoms with E-state index in [0.717, 1.165) is 9.21 Å². The lowest BCUT2D eigenvalue weighted by molar-refractivity contribution is -0.135. The van der Waals surface area contributed by atoms with Gasteiger partial charge in [-0.3, -0.25) is 4.79 Å².